The Hall–Kier alpha value is -1.35. The van der Waals surface area contributed by atoms with Crippen LogP contribution >= 0.6 is 0 Å². The van der Waals surface area contributed by atoms with E-state index < -0.39 is 12.0 Å². The molecule has 3 heteroatoms. The van der Waals surface area contributed by atoms with Crippen LogP contribution in [0.25, 0.3) is 0 Å². The third kappa shape index (κ3) is 4.31. The smallest absolute Gasteiger partial charge is 0.320 e. The summed E-state index contributed by atoms with van der Waals surface area (Å²) in [6.45, 7) is 13.5. The van der Waals surface area contributed by atoms with Gasteiger partial charge in [0.1, 0.15) is 6.04 Å². The summed E-state index contributed by atoms with van der Waals surface area (Å²) in [7, 11) is 1.89. The molecule has 1 unspecified atom stereocenters. The summed E-state index contributed by atoms with van der Waals surface area (Å²) in [4.78, 5) is 13.2. The Kier molecular flexibility index (Phi) is 5.57. The molecule has 0 amide bonds. The molecule has 0 aliphatic carbocycles. The summed E-state index contributed by atoms with van der Waals surface area (Å²) in [5, 5.41) is 9.27. The fraction of sp³-hybridized carbons (Fsp3) is 0.611. The molecule has 0 saturated carbocycles. The van der Waals surface area contributed by atoms with Gasteiger partial charge in [0.2, 0.25) is 0 Å². The highest BCUT2D eigenvalue weighted by atomic mass is 16.4. The zero-order valence-corrected chi connectivity index (χ0v) is 14.4. The first-order valence-corrected chi connectivity index (χ1v) is 7.61. The van der Waals surface area contributed by atoms with E-state index in [1.54, 1.807) is 0 Å². The molecule has 1 N–H and O–H groups in total. The van der Waals surface area contributed by atoms with Gasteiger partial charge in [-0.05, 0) is 55.0 Å². The molecule has 0 saturated heterocycles. The normalized spacial score (nSPS) is 13.5. The van der Waals surface area contributed by atoms with E-state index in [0.29, 0.717) is 13.0 Å². The summed E-state index contributed by atoms with van der Waals surface area (Å²) < 4.78 is 0. The van der Waals surface area contributed by atoms with Gasteiger partial charge in [-0.25, -0.2) is 0 Å². The quantitative estimate of drug-likeness (QED) is 0.894. The number of aliphatic carboxylic acids is 1. The maximum absolute atomic E-state index is 11.3. The minimum absolute atomic E-state index is 0.132. The van der Waals surface area contributed by atoms with Gasteiger partial charge in [0.15, 0.2) is 0 Å². The van der Waals surface area contributed by atoms with E-state index in [2.05, 4.69) is 46.8 Å². The van der Waals surface area contributed by atoms with E-state index in [9.17, 15) is 9.90 Å². The fourth-order valence-corrected chi connectivity index (χ4v) is 2.71. The average molecular weight is 291 g/mol. The molecule has 1 rings (SSSR count). The second-order valence-corrected chi connectivity index (χ2v) is 7.02. The number of nitrogens with zero attached hydrogens (tertiary/aromatic N) is 1. The summed E-state index contributed by atoms with van der Waals surface area (Å²) in [5.74, 6) is -0.749. The van der Waals surface area contributed by atoms with Crippen LogP contribution in [0.4, 0.5) is 0 Å². The van der Waals surface area contributed by atoms with Crippen molar-refractivity contribution in [3.8, 4) is 0 Å². The molecule has 0 fully saturated rings. The Morgan fingerprint density at radius 2 is 1.71 bits per heavy atom. The molecule has 21 heavy (non-hydrogen) atoms. The minimum atomic E-state index is -0.749. The van der Waals surface area contributed by atoms with Crippen LogP contribution in [0, 0.1) is 13.8 Å². The van der Waals surface area contributed by atoms with Crippen molar-refractivity contribution in [3.63, 3.8) is 0 Å². The average Bonchev–Trinajstić information content (AvgIpc) is 2.32. The summed E-state index contributed by atoms with van der Waals surface area (Å²) >= 11 is 0. The predicted octanol–water partition coefficient (Wildman–Crippen LogP) is 3.90. The van der Waals surface area contributed by atoms with Crippen LogP contribution in [0.3, 0.4) is 0 Å². The third-order valence-electron chi connectivity index (χ3n) is 4.17. The van der Waals surface area contributed by atoms with Crippen molar-refractivity contribution in [2.75, 3.05) is 7.05 Å². The topological polar surface area (TPSA) is 40.5 Å². The van der Waals surface area contributed by atoms with Crippen LogP contribution in [0.5, 0.6) is 0 Å². The van der Waals surface area contributed by atoms with Gasteiger partial charge in [0, 0.05) is 6.54 Å². The molecule has 1 atom stereocenters. The van der Waals surface area contributed by atoms with Crippen molar-refractivity contribution >= 4 is 5.97 Å². The maximum Gasteiger partial charge on any atom is 0.320 e. The Bertz CT molecular complexity index is 491. The summed E-state index contributed by atoms with van der Waals surface area (Å²) in [5.41, 5.74) is 5.19. The van der Waals surface area contributed by atoms with Gasteiger partial charge in [-0.2, -0.15) is 0 Å². The monoisotopic (exact) mass is 291 g/mol. The number of carbonyl (C=O) groups is 1. The molecule has 1 aromatic carbocycles. The van der Waals surface area contributed by atoms with Crippen molar-refractivity contribution < 1.29 is 9.90 Å². The fourth-order valence-electron chi connectivity index (χ4n) is 2.71. The molecule has 0 spiro atoms. The lowest BCUT2D eigenvalue weighted by atomic mass is 9.83. The van der Waals surface area contributed by atoms with Gasteiger partial charge in [0.25, 0.3) is 0 Å². The largest absolute Gasteiger partial charge is 0.480 e. The molecule has 118 valence electrons. The standard InChI is InChI=1S/C18H29NO2/c1-8-16(17(20)21)19(7)11-15-12(2)9-14(10-13(15)3)18(4,5)6/h9-10,16H,8,11H2,1-7H3,(H,20,21). The van der Waals surface area contributed by atoms with Crippen LogP contribution < -0.4 is 0 Å². The number of likely N-dealkylation sites (N-methyl/N-ethyl adjacent to an activating group) is 1. The van der Waals surface area contributed by atoms with E-state index in [-0.39, 0.29) is 5.41 Å². The first-order chi connectivity index (χ1) is 9.57. The number of rotatable bonds is 5. The van der Waals surface area contributed by atoms with E-state index in [0.717, 1.165) is 0 Å². The van der Waals surface area contributed by atoms with Gasteiger partial charge >= 0.3 is 5.97 Å². The molecule has 0 bridgehead atoms. The van der Waals surface area contributed by atoms with Crippen LogP contribution in [0.2, 0.25) is 0 Å². The number of benzene rings is 1. The van der Waals surface area contributed by atoms with Crippen LogP contribution in [0.1, 0.15) is 56.4 Å². The molecular weight excluding hydrogens is 262 g/mol. The highest BCUT2D eigenvalue weighted by Gasteiger charge is 2.22. The zero-order valence-electron chi connectivity index (χ0n) is 14.4. The molecule has 0 aliphatic rings. The molecule has 0 heterocycles. The van der Waals surface area contributed by atoms with Gasteiger partial charge in [-0.15, -0.1) is 0 Å². The van der Waals surface area contributed by atoms with Gasteiger partial charge < -0.3 is 5.11 Å². The first-order valence-electron chi connectivity index (χ1n) is 7.61. The molecule has 3 nitrogen and oxygen atoms in total. The highest BCUT2D eigenvalue weighted by Crippen LogP contribution is 2.27. The molecule has 0 aliphatic heterocycles. The van der Waals surface area contributed by atoms with Gasteiger partial charge in [0.05, 0.1) is 0 Å². The Labute approximate surface area is 129 Å². The lowest BCUT2D eigenvalue weighted by molar-refractivity contribution is -0.143. The lowest BCUT2D eigenvalue weighted by Gasteiger charge is -2.27. The van der Waals surface area contributed by atoms with Crippen molar-refractivity contribution in [1.82, 2.24) is 4.90 Å². The number of hydrogen-bond donors (Lipinski definition) is 1. The van der Waals surface area contributed by atoms with E-state index >= 15 is 0 Å². The molecular formula is C18H29NO2. The van der Waals surface area contributed by atoms with E-state index in [1.165, 1.54) is 22.3 Å². The SMILES string of the molecule is CCC(C(=O)O)N(C)Cc1c(C)cc(C(C)(C)C)cc1C. The van der Waals surface area contributed by atoms with Crippen LogP contribution in [-0.2, 0) is 16.8 Å². The van der Waals surface area contributed by atoms with Crippen molar-refractivity contribution in [2.45, 2.75) is 66.0 Å². The Morgan fingerprint density at radius 3 is 2.05 bits per heavy atom. The van der Waals surface area contributed by atoms with Crippen molar-refractivity contribution in [1.29, 1.82) is 0 Å². The number of carboxylic acid groups (broad SMARTS) is 1. The highest BCUT2D eigenvalue weighted by molar-refractivity contribution is 5.73. The minimum Gasteiger partial charge on any atom is -0.480 e. The molecule has 1 aromatic rings. The second kappa shape index (κ2) is 6.61. The number of hydrogen-bond acceptors (Lipinski definition) is 2. The Morgan fingerprint density at radius 1 is 1.24 bits per heavy atom. The van der Waals surface area contributed by atoms with Gasteiger partial charge in [-0.3, -0.25) is 9.69 Å². The Balaban J connectivity index is 3.08. The van der Waals surface area contributed by atoms with Crippen molar-refractivity contribution in [2.24, 2.45) is 0 Å². The van der Waals surface area contributed by atoms with Crippen LogP contribution in [-0.4, -0.2) is 29.1 Å². The third-order valence-corrected chi connectivity index (χ3v) is 4.17. The number of carboxylic acids is 1. The molecule has 0 aromatic heterocycles. The van der Waals surface area contributed by atoms with E-state index in [1.807, 2.05) is 18.9 Å². The summed E-state index contributed by atoms with van der Waals surface area (Å²) in [6, 6.07) is 4.04. The summed E-state index contributed by atoms with van der Waals surface area (Å²) in [6.07, 6.45) is 0.615. The molecule has 0 radical (unpaired) electrons. The lowest BCUT2D eigenvalue weighted by Crippen LogP contribution is -2.37. The van der Waals surface area contributed by atoms with Gasteiger partial charge in [-0.1, -0.05) is 39.8 Å². The van der Waals surface area contributed by atoms with Crippen molar-refractivity contribution in [3.05, 3.63) is 34.4 Å². The predicted molar refractivity (Wildman–Crippen MR) is 87.8 cm³/mol. The zero-order chi connectivity index (χ0) is 16.4. The number of aryl methyl sites for hydroxylation is 2. The van der Waals surface area contributed by atoms with Crippen LogP contribution in [0.15, 0.2) is 12.1 Å². The second-order valence-electron chi connectivity index (χ2n) is 7.02. The first kappa shape index (κ1) is 17.7. The maximum atomic E-state index is 11.3. The van der Waals surface area contributed by atoms with E-state index in [4.69, 9.17) is 0 Å².